The smallest absolute Gasteiger partial charge is 0.188 e. The summed E-state index contributed by atoms with van der Waals surface area (Å²) < 4.78 is 24.2. The largest absolute Gasteiger partial charge is 0.390 e. The second-order valence-electron chi connectivity index (χ2n) is 5.39. The molecule has 2 atom stereocenters. The molecule has 0 radical (unpaired) electrons. The fourth-order valence-electron chi connectivity index (χ4n) is 2.56. The minimum Gasteiger partial charge on any atom is -0.390 e. The molecule has 0 saturated heterocycles. The summed E-state index contributed by atoms with van der Waals surface area (Å²) in [5, 5.41) is 10.0. The number of aliphatic hydroxyl groups is 1. The van der Waals surface area contributed by atoms with Crippen molar-refractivity contribution in [2.24, 2.45) is 5.92 Å². The highest BCUT2D eigenvalue weighted by atomic mass is 32.2. The molecule has 1 saturated carbocycles. The van der Waals surface area contributed by atoms with Gasteiger partial charge in [-0.25, -0.2) is 8.42 Å². The molecule has 4 heteroatoms. The van der Waals surface area contributed by atoms with Gasteiger partial charge in [-0.2, -0.15) is 0 Å². The van der Waals surface area contributed by atoms with Crippen LogP contribution in [0.5, 0.6) is 0 Å². The molecule has 1 aromatic rings. The third-order valence-electron chi connectivity index (χ3n) is 3.70. The van der Waals surface area contributed by atoms with Gasteiger partial charge in [-0.05, 0) is 32.4 Å². The molecule has 0 bridgehead atoms. The zero-order valence-corrected chi connectivity index (χ0v) is 11.4. The van der Waals surface area contributed by atoms with Gasteiger partial charge in [-0.3, -0.25) is 0 Å². The highest BCUT2D eigenvalue weighted by molar-refractivity contribution is 7.93. The average Bonchev–Trinajstić information content (AvgIpc) is 3.06. The molecule has 0 aromatic heterocycles. The number of hydrogen-bond acceptors (Lipinski definition) is 3. The van der Waals surface area contributed by atoms with Crippen molar-refractivity contribution in [3.63, 3.8) is 0 Å². The van der Waals surface area contributed by atoms with Crippen LogP contribution in [0.2, 0.25) is 0 Å². The molecule has 1 aliphatic rings. The van der Waals surface area contributed by atoms with Gasteiger partial charge in [0.05, 0.1) is 10.5 Å². The van der Waals surface area contributed by atoms with Crippen molar-refractivity contribution >= 4 is 9.84 Å². The van der Waals surface area contributed by atoms with E-state index in [0.29, 0.717) is 6.42 Å². The standard InChI is InChI=1S/C14H18O3S/c1-4-14(10-12(14)13(2,3)15)18(16,17)11-8-6-5-7-9-11/h4-9,12,15H,1,10H2,2-3H3/t12-,14+/m1/s1. The van der Waals surface area contributed by atoms with Crippen LogP contribution < -0.4 is 0 Å². The van der Waals surface area contributed by atoms with Crippen LogP contribution in [0.25, 0.3) is 0 Å². The first-order valence-electron chi connectivity index (χ1n) is 5.91. The van der Waals surface area contributed by atoms with Crippen molar-refractivity contribution < 1.29 is 13.5 Å². The molecule has 0 heterocycles. The van der Waals surface area contributed by atoms with Gasteiger partial charge in [0.15, 0.2) is 9.84 Å². The number of sulfone groups is 1. The lowest BCUT2D eigenvalue weighted by atomic mass is 10.0. The Morgan fingerprint density at radius 3 is 2.33 bits per heavy atom. The van der Waals surface area contributed by atoms with Crippen LogP contribution in [0.1, 0.15) is 20.3 Å². The number of benzene rings is 1. The first-order valence-corrected chi connectivity index (χ1v) is 7.40. The van der Waals surface area contributed by atoms with Crippen LogP contribution in [-0.2, 0) is 9.84 Å². The zero-order chi connectivity index (χ0) is 13.6. The van der Waals surface area contributed by atoms with Gasteiger partial charge in [0.25, 0.3) is 0 Å². The lowest BCUT2D eigenvalue weighted by molar-refractivity contribution is 0.0545. The summed E-state index contributed by atoms with van der Waals surface area (Å²) in [7, 11) is -3.49. The summed E-state index contributed by atoms with van der Waals surface area (Å²) in [6.45, 7) is 6.94. The van der Waals surface area contributed by atoms with Crippen molar-refractivity contribution in [3.05, 3.63) is 43.0 Å². The molecule has 1 N–H and O–H groups in total. The van der Waals surface area contributed by atoms with Crippen molar-refractivity contribution in [1.29, 1.82) is 0 Å². The zero-order valence-electron chi connectivity index (χ0n) is 10.6. The molecule has 1 fully saturated rings. The summed E-state index contributed by atoms with van der Waals surface area (Å²) in [4.78, 5) is 0.289. The van der Waals surface area contributed by atoms with Crippen LogP contribution in [0.4, 0.5) is 0 Å². The summed E-state index contributed by atoms with van der Waals surface area (Å²) in [6.07, 6.45) is 1.90. The van der Waals surface area contributed by atoms with Crippen molar-refractivity contribution in [2.45, 2.75) is 35.5 Å². The predicted octanol–water partition coefficient (Wildman–Crippen LogP) is 2.18. The summed E-state index contributed by atoms with van der Waals surface area (Å²) in [5.41, 5.74) is -1.02. The second-order valence-corrected chi connectivity index (χ2v) is 7.62. The maximum absolute atomic E-state index is 12.6. The predicted molar refractivity (Wildman–Crippen MR) is 71.0 cm³/mol. The van der Waals surface area contributed by atoms with Gasteiger partial charge >= 0.3 is 0 Å². The Kier molecular flexibility index (Phi) is 2.91. The van der Waals surface area contributed by atoms with E-state index in [0.717, 1.165) is 0 Å². The maximum Gasteiger partial charge on any atom is 0.188 e. The average molecular weight is 266 g/mol. The Labute approximate surface area is 108 Å². The molecule has 3 nitrogen and oxygen atoms in total. The van der Waals surface area contributed by atoms with E-state index in [4.69, 9.17) is 0 Å². The number of hydrogen-bond donors (Lipinski definition) is 1. The Bertz CT molecular complexity index is 554. The summed E-state index contributed by atoms with van der Waals surface area (Å²) in [5.74, 6) is -0.298. The molecule has 18 heavy (non-hydrogen) atoms. The van der Waals surface area contributed by atoms with Gasteiger partial charge in [0.1, 0.15) is 4.75 Å². The van der Waals surface area contributed by atoms with E-state index in [2.05, 4.69) is 6.58 Å². The van der Waals surface area contributed by atoms with E-state index >= 15 is 0 Å². The Balaban J connectivity index is 2.46. The van der Waals surface area contributed by atoms with E-state index in [-0.39, 0.29) is 10.8 Å². The SMILES string of the molecule is C=C[C@]1(S(=O)(=O)c2ccccc2)C[C@@H]1C(C)(C)O. The number of rotatable bonds is 4. The molecular formula is C14H18O3S. The van der Waals surface area contributed by atoms with E-state index in [1.54, 1.807) is 44.2 Å². The molecule has 2 rings (SSSR count). The normalized spacial score (nSPS) is 27.8. The minimum atomic E-state index is -3.49. The third-order valence-corrected chi connectivity index (χ3v) is 6.22. The second kappa shape index (κ2) is 3.93. The third kappa shape index (κ3) is 1.80. The van der Waals surface area contributed by atoms with Crippen LogP contribution in [0.3, 0.4) is 0 Å². The molecule has 1 aromatic carbocycles. The van der Waals surface area contributed by atoms with Crippen LogP contribution in [-0.4, -0.2) is 23.9 Å². The molecule has 98 valence electrons. The van der Waals surface area contributed by atoms with Crippen LogP contribution >= 0.6 is 0 Å². The Morgan fingerprint density at radius 1 is 1.39 bits per heavy atom. The van der Waals surface area contributed by atoms with E-state index in [9.17, 15) is 13.5 Å². The van der Waals surface area contributed by atoms with Gasteiger partial charge in [-0.15, -0.1) is 6.58 Å². The summed E-state index contributed by atoms with van der Waals surface area (Å²) >= 11 is 0. The highest BCUT2D eigenvalue weighted by Gasteiger charge is 2.66. The molecule has 0 amide bonds. The first-order chi connectivity index (χ1) is 8.25. The van der Waals surface area contributed by atoms with Crippen LogP contribution in [0.15, 0.2) is 47.9 Å². The lowest BCUT2D eigenvalue weighted by Gasteiger charge is -2.22. The molecular weight excluding hydrogens is 248 g/mol. The van der Waals surface area contributed by atoms with E-state index < -0.39 is 20.2 Å². The lowest BCUT2D eigenvalue weighted by Crippen LogP contribution is -2.32. The van der Waals surface area contributed by atoms with Gasteiger partial charge < -0.3 is 5.11 Å². The molecule has 0 unspecified atom stereocenters. The Morgan fingerprint density at radius 2 is 1.94 bits per heavy atom. The van der Waals surface area contributed by atoms with Crippen molar-refractivity contribution in [1.82, 2.24) is 0 Å². The first kappa shape index (κ1) is 13.3. The van der Waals surface area contributed by atoms with Crippen LogP contribution in [0, 0.1) is 5.92 Å². The topological polar surface area (TPSA) is 54.4 Å². The molecule has 1 aliphatic carbocycles. The minimum absolute atomic E-state index is 0.289. The Hall–Kier alpha value is -1.13. The fourth-order valence-corrected chi connectivity index (χ4v) is 4.78. The quantitative estimate of drug-likeness (QED) is 0.850. The van der Waals surface area contributed by atoms with Crippen molar-refractivity contribution in [3.8, 4) is 0 Å². The fraction of sp³-hybridized carbons (Fsp3) is 0.429. The van der Waals surface area contributed by atoms with E-state index in [1.807, 2.05) is 0 Å². The van der Waals surface area contributed by atoms with Crippen molar-refractivity contribution in [2.75, 3.05) is 0 Å². The molecule has 0 spiro atoms. The van der Waals surface area contributed by atoms with E-state index in [1.165, 1.54) is 6.08 Å². The molecule has 0 aliphatic heterocycles. The maximum atomic E-state index is 12.6. The van der Waals surface area contributed by atoms with Gasteiger partial charge in [0, 0.05) is 5.92 Å². The highest BCUT2D eigenvalue weighted by Crippen LogP contribution is 2.58. The monoisotopic (exact) mass is 266 g/mol. The van der Waals surface area contributed by atoms with Gasteiger partial charge in [0.2, 0.25) is 0 Å². The summed E-state index contributed by atoms with van der Waals surface area (Å²) in [6, 6.07) is 8.34. The van der Waals surface area contributed by atoms with Gasteiger partial charge in [-0.1, -0.05) is 24.3 Å².